The number of thiophene rings is 1. The van der Waals surface area contributed by atoms with Gasteiger partial charge in [-0.3, -0.25) is 18.2 Å². The zero-order chi connectivity index (χ0) is 28.4. The van der Waals surface area contributed by atoms with Gasteiger partial charge < -0.3 is 21.1 Å². The third-order valence-electron chi connectivity index (χ3n) is 7.14. The van der Waals surface area contributed by atoms with Crippen LogP contribution in [0.4, 0.5) is 11.4 Å². The maximum absolute atomic E-state index is 13.6. The summed E-state index contributed by atoms with van der Waals surface area (Å²) in [5.74, 6) is 0.716. The first kappa shape index (κ1) is 31.7. The Morgan fingerprint density at radius 1 is 1.15 bits per heavy atom. The van der Waals surface area contributed by atoms with E-state index in [1.807, 2.05) is 29.8 Å². The van der Waals surface area contributed by atoms with Gasteiger partial charge in [0.15, 0.2) is 0 Å². The molecule has 3 rings (SSSR count). The summed E-state index contributed by atoms with van der Waals surface area (Å²) >= 11 is 1.59. The second kappa shape index (κ2) is 15.3. The second-order valence-corrected chi connectivity index (χ2v) is 14.0. The molecule has 1 aromatic carbocycles. The van der Waals surface area contributed by atoms with Gasteiger partial charge in [0.25, 0.3) is 5.91 Å². The van der Waals surface area contributed by atoms with Gasteiger partial charge in [-0.25, -0.2) is 0 Å². The van der Waals surface area contributed by atoms with E-state index in [2.05, 4.69) is 36.7 Å². The number of anilines is 2. The molecule has 0 radical (unpaired) electrons. The van der Waals surface area contributed by atoms with E-state index in [9.17, 15) is 19.0 Å². The van der Waals surface area contributed by atoms with Crippen LogP contribution in [0.2, 0.25) is 0 Å². The summed E-state index contributed by atoms with van der Waals surface area (Å²) < 4.78 is 23.0. The number of hydrogen-bond donors (Lipinski definition) is 6. The molecule has 3 unspecified atom stereocenters. The van der Waals surface area contributed by atoms with Gasteiger partial charge in [-0.15, -0.1) is 10.8 Å². The molecule has 2 heterocycles. The summed E-state index contributed by atoms with van der Waals surface area (Å²) in [5, 5.41) is 25.0. The first-order valence-corrected chi connectivity index (χ1v) is 16.9. The van der Waals surface area contributed by atoms with E-state index < -0.39 is 22.9 Å². The molecule has 1 amide bonds. The number of rotatable bonds is 15. The maximum Gasteiger partial charge on any atom is 0.251 e. The molecule has 1 aliphatic rings. The fourth-order valence-electron chi connectivity index (χ4n) is 4.89. The summed E-state index contributed by atoms with van der Waals surface area (Å²) in [4.78, 5) is 13.6. The third-order valence-corrected chi connectivity index (χ3v) is 9.81. The number of amides is 1. The Bertz CT molecular complexity index is 1020. The van der Waals surface area contributed by atoms with Crippen molar-refractivity contribution in [1.82, 2.24) is 10.6 Å². The third kappa shape index (κ3) is 9.95. The van der Waals surface area contributed by atoms with E-state index in [-0.39, 0.29) is 11.9 Å². The molecule has 3 atom stereocenters. The van der Waals surface area contributed by atoms with Crippen molar-refractivity contribution in [2.75, 3.05) is 35.0 Å². The van der Waals surface area contributed by atoms with Crippen molar-refractivity contribution in [2.24, 2.45) is 5.92 Å². The van der Waals surface area contributed by atoms with E-state index in [4.69, 9.17) is 0 Å². The van der Waals surface area contributed by atoms with E-state index in [1.54, 1.807) is 27.8 Å². The van der Waals surface area contributed by atoms with E-state index in [0.717, 1.165) is 36.9 Å². The van der Waals surface area contributed by atoms with Crippen LogP contribution in [0.5, 0.6) is 0 Å². The standard InChI is InChI=1S/C29H48N4O4S2/c1-5-30-25-16-24(17-26(18-25)33-12-6-7-14-39(33,36)37)29(35)32-27(15-23-11-13-38-20-23)28(34)19-31-22(4)10-8-9-21(2)3/h11,13,16-18,20-22,27-28,30-31,34,36-37H,5-10,12,14-15,19H2,1-4H3,(H,32,35). The number of nitrogens with zero attached hydrogens (tertiary/aromatic N) is 1. The summed E-state index contributed by atoms with van der Waals surface area (Å²) in [7, 11) is -2.92. The molecule has 1 aliphatic heterocycles. The van der Waals surface area contributed by atoms with Crippen LogP contribution in [0.3, 0.4) is 0 Å². The number of benzene rings is 1. The van der Waals surface area contributed by atoms with Crippen LogP contribution in [0, 0.1) is 5.92 Å². The van der Waals surface area contributed by atoms with Crippen molar-refractivity contribution >= 4 is 39.4 Å². The number of carbonyl (C=O) groups excluding carboxylic acids is 1. The van der Waals surface area contributed by atoms with Crippen molar-refractivity contribution in [3.8, 4) is 0 Å². The van der Waals surface area contributed by atoms with Crippen molar-refractivity contribution in [3.63, 3.8) is 0 Å². The summed E-state index contributed by atoms with van der Waals surface area (Å²) in [6, 6.07) is 7.18. The summed E-state index contributed by atoms with van der Waals surface area (Å²) in [6.07, 6.45) is 4.75. The van der Waals surface area contributed by atoms with Gasteiger partial charge in [0.05, 0.1) is 23.6 Å². The number of nitrogens with one attached hydrogen (secondary N) is 3. The highest BCUT2D eigenvalue weighted by Gasteiger charge is 2.29. The van der Waals surface area contributed by atoms with Crippen LogP contribution in [0.25, 0.3) is 0 Å². The van der Waals surface area contributed by atoms with Gasteiger partial charge in [-0.2, -0.15) is 11.3 Å². The summed E-state index contributed by atoms with van der Waals surface area (Å²) in [6.45, 7) is 10.2. The van der Waals surface area contributed by atoms with Crippen molar-refractivity contribution in [1.29, 1.82) is 0 Å². The Kier molecular flexibility index (Phi) is 12.4. The largest absolute Gasteiger partial charge is 0.390 e. The molecule has 0 aliphatic carbocycles. The lowest BCUT2D eigenvalue weighted by molar-refractivity contribution is 0.0825. The van der Waals surface area contributed by atoms with Crippen LogP contribution >= 0.6 is 22.1 Å². The molecule has 0 bridgehead atoms. The molecule has 39 heavy (non-hydrogen) atoms. The highest BCUT2D eigenvalue weighted by atomic mass is 32.3. The smallest absolute Gasteiger partial charge is 0.251 e. The lowest BCUT2D eigenvalue weighted by Gasteiger charge is -2.47. The van der Waals surface area contributed by atoms with Gasteiger partial charge in [-0.1, -0.05) is 26.7 Å². The molecule has 8 nitrogen and oxygen atoms in total. The molecule has 0 spiro atoms. The topological polar surface area (TPSA) is 117 Å². The van der Waals surface area contributed by atoms with Gasteiger partial charge >= 0.3 is 0 Å². The number of hydrogen-bond acceptors (Lipinski definition) is 8. The van der Waals surface area contributed by atoms with Gasteiger partial charge in [-0.05, 0) is 86.0 Å². The molecule has 0 saturated carbocycles. The fourth-order valence-corrected chi connectivity index (χ4v) is 7.25. The molecular weight excluding hydrogens is 532 g/mol. The van der Waals surface area contributed by atoms with Crippen LogP contribution in [0.15, 0.2) is 35.0 Å². The molecule has 1 saturated heterocycles. The van der Waals surface area contributed by atoms with Crippen LogP contribution in [-0.4, -0.2) is 63.7 Å². The Balaban J connectivity index is 1.75. The Labute approximate surface area is 240 Å². The Morgan fingerprint density at radius 3 is 2.62 bits per heavy atom. The van der Waals surface area contributed by atoms with E-state index in [0.29, 0.717) is 49.0 Å². The van der Waals surface area contributed by atoms with E-state index in [1.165, 1.54) is 6.42 Å². The van der Waals surface area contributed by atoms with Crippen LogP contribution < -0.4 is 20.3 Å². The van der Waals surface area contributed by atoms with Gasteiger partial charge in [0.2, 0.25) is 0 Å². The minimum Gasteiger partial charge on any atom is -0.390 e. The zero-order valence-electron chi connectivity index (χ0n) is 23.9. The highest BCUT2D eigenvalue weighted by Crippen LogP contribution is 2.50. The molecule has 2 aromatic rings. The maximum atomic E-state index is 13.6. The monoisotopic (exact) mass is 580 g/mol. The molecule has 220 valence electrons. The minimum absolute atomic E-state index is 0.277. The zero-order valence-corrected chi connectivity index (χ0v) is 25.5. The Hall–Kier alpha value is -1.82. The van der Waals surface area contributed by atoms with Crippen LogP contribution in [0.1, 0.15) is 75.7 Å². The fraction of sp³-hybridized carbons (Fsp3) is 0.621. The Morgan fingerprint density at radius 2 is 1.95 bits per heavy atom. The van der Waals surface area contributed by atoms with E-state index >= 15 is 0 Å². The first-order chi connectivity index (χ1) is 18.6. The minimum atomic E-state index is -2.92. The quantitative estimate of drug-likeness (QED) is 0.154. The number of carbonyl (C=O) groups is 1. The second-order valence-electron chi connectivity index (χ2n) is 11.1. The molecular formula is C29H48N4O4S2. The molecule has 1 aromatic heterocycles. The van der Waals surface area contributed by atoms with Crippen LogP contribution in [-0.2, 0) is 6.42 Å². The predicted octanol–water partition coefficient (Wildman–Crippen LogP) is 5.95. The average Bonchev–Trinajstić information content (AvgIpc) is 3.39. The van der Waals surface area contributed by atoms with Crippen molar-refractivity contribution < 1.29 is 19.0 Å². The van der Waals surface area contributed by atoms with Gasteiger partial charge in [0, 0.05) is 36.9 Å². The molecule has 1 fully saturated rings. The number of aliphatic hydroxyl groups excluding tert-OH is 1. The predicted molar refractivity (Wildman–Crippen MR) is 166 cm³/mol. The van der Waals surface area contributed by atoms with Crippen molar-refractivity contribution in [3.05, 3.63) is 46.2 Å². The van der Waals surface area contributed by atoms with Crippen molar-refractivity contribution in [2.45, 2.75) is 84.4 Å². The number of aliphatic hydroxyl groups is 1. The summed E-state index contributed by atoms with van der Waals surface area (Å²) in [5.41, 5.74) is 2.85. The van der Waals surface area contributed by atoms with Gasteiger partial charge in [0.1, 0.15) is 0 Å². The molecule has 10 heteroatoms. The SMILES string of the molecule is CCNc1cc(C(=O)NC(Cc2ccsc2)C(O)CNC(C)CCCC(C)C)cc(N2CCCCS2(O)O)c1. The average molecular weight is 581 g/mol. The lowest BCUT2D eigenvalue weighted by atomic mass is 10.0. The molecule has 6 N–H and O–H groups in total. The first-order valence-electron chi connectivity index (χ1n) is 14.2. The lowest BCUT2D eigenvalue weighted by Crippen LogP contribution is -2.49. The highest BCUT2D eigenvalue weighted by molar-refractivity contribution is 8.25. The normalized spacial score (nSPS) is 18.4.